The Bertz CT molecular complexity index is 112. The maximum atomic E-state index is 8.56. The lowest BCUT2D eigenvalue weighted by atomic mass is 11.5. The molecule has 0 aliphatic rings. The lowest BCUT2D eigenvalue weighted by Crippen LogP contribution is -1.81. The van der Waals surface area contributed by atoms with Crippen molar-refractivity contribution in [1.29, 1.82) is 0 Å². The van der Waals surface area contributed by atoms with Gasteiger partial charge in [0, 0.05) is 0 Å². The second kappa shape index (κ2) is 16.9. The van der Waals surface area contributed by atoms with E-state index >= 15 is 0 Å². The second-order valence-corrected chi connectivity index (χ2v) is 0.848. The lowest BCUT2D eigenvalue weighted by Gasteiger charge is -1.60. The highest BCUT2D eigenvalue weighted by Crippen LogP contribution is 1.43. The van der Waals surface area contributed by atoms with Crippen LogP contribution in [0.5, 0.6) is 0 Å². The molecule has 6 N–H and O–H groups in total. The Balaban J connectivity index is -0.0000000450. The molecule has 0 fully saturated rings. The highest BCUT2D eigenvalue weighted by atomic mass is 24.3. The maximum Gasteiger partial charge on any atom is 0.503 e. The van der Waals surface area contributed by atoms with E-state index in [1.807, 2.05) is 0 Å². The summed E-state index contributed by atoms with van der Waals surface area (Å²) < 4.78 is 0. The van der Waals surface area contributed by atoms with Gasteiger partial charge in [0.2, 0.25) is 0 Å². The van der Waals surface area contributed by atoms with Gasteiger partial charge < -0.3 is 30.6 Å². The van der Waals surface area contributed by atoms with Crippen LogP contribution in [-0.2, 0) is 0 Å². The minimum Gasteiger partial charge on any atom is -0.450 e. The zero-order valence-electron chi connectivity index (χ0n) is 5.41. The van der Waals surface area contributed by atoms with Crippen molar-refractivity contribution in [2.45, 2.75) is 0 Å². The van der Waals surface area contributed by atoms with E-state index in [-0.39, 0.29) is 23.1 Å². The summed E-state index contributed by atoms with van der Waals surface area (Å²) in [4.78, 5) is 25.7. The molecular formula is C3H8MgO9. The summed E-state index contributed by atoms with van der Waals surface area (Å²) in [5, 5.41) is 41.8. The molecule has 0 radical (unpaired) electrons. The van der Waals surface area contributed by atoms with Crippen LogP contribution in [0.25, 0.3) is 0 Å². The molecule has 9 nitrogen and oxygen atoms in total. The van der Waals surface area contributed by atoms with Gasteiger partial charge in [-0.1, -0.05) is 0 Å². The van der Waals surface area contributed by atoms with Crippen molar-refractivity contribution in [3.63, 3.8) is 0 Å². The summed E-state index contributed by atoms with van der Waals surface area (Å²) in [6.07, 6.45) is -5.50. The fourth-order valence-electron chi connectivity index (χ4n) is 0. The standard InChI is InChI=1S/3CH2O3.Mg.2H/c3*2-1(3)4;;;/h3*(H2,2,3,4);;;. The Hall–Kier alpha value is -1.42. The molecule has 10 heteroatoms. The van der Waals surface area contributed by atoms with Crippen molar-refractivity contribution in [3.05, 3.63) is 0 Å². The zero-order valence-corrected chi connectivity index (χ0v) is 5.41. The molecule has 0 unspecified atom stereocenters. The molecule has 0 spiro atoms. The normalized spacial score (nSPS) is 5.54. The molecule has 13 heavy (non-hydrogen) atoms. The number of rotatable bonds is 0. The zero-order chi connectivity index (χ0) is 10.7. The number of carboxylic acid groups (broad SMARTS) is 6. The highest BCUT2D eigenvalue weighted by molar-refractivity contribution is 5.75. The molecule has 0 aromatic carbocycles. The van der Waals surface area contributed by atoms with E-state index in [9.17, 15) is 0 Å². The van der Waals surface area contributed by atoms with Crippen LogP contribution >= 0.6 is 0 Å². The first-order chi connectivity index (χ1) is 5.20. The molecular weight excluding hydrogens is 204 g/mol. The smallest absolute Gasteiger partial charge is 0.450 e. The minimum atomic E-state index is -1.83. The maximum absolute atomic E-state index is 8.56. The summed E-state index contributed by atoms with van der Waals surface area (Å²) in [7, 11) is 0. The summed E-state index contributed by atoms with van der Waals surface area (Å²) in [5.41, 5.74) is 0. The summed E-state index contributed by atoms with van der Waals surface area (Å²) >= 11 is 0. The minimum absolute atomic E-state index is 0. The van der Waals surface area contributed by atoms with Crippen LogP contribution in [-0.4, -0.2) is 72.2 Å². The summed E-state index contributed by atoms with van der Waals surface area (Å²) in [6, 6.07) is 0. The predicted molar refractivity (Wildman–Crippen MR) is 40.5 cm³/mol. The van der Waals surface area contributed by atoms with Gasteiger partial charge in [0.15, 0.2) is 0 Å². The van der Waals surface area contributed by atoms with Gasteiger partial charge in [-0.15, -0.1) is 0 Å². The Morgan fingerprint density at radius 2 is 0.538 bits per heavy atom. The number of hydrogen-bond acceptors (Lipinski definition) is 3. The largest absolute Gasteiger partial charge is 0.503 e. The summed E-state index contributed by atoms with van der Waals surface area (Å²) in [5.74, 6) is 0. The molecule has 0 aliphatic heterocycles. The quantitative estimate of drug-likeness (QED) is 0.296. The first-order valence-electron chi connectivity index (χ1n) is 1.95. The Morgan fingerprint density at radius 3 is 0.538 bits per heavy atom. The van der Waals surface area contributed by atoms with Crippen LogP contribution in [0.4, 0.5) is 14.4 Å². The molecule has 0 aromatic rings. The van der Waals surface area contributed by atoms with Crippen LogP contribution in [0.3, 0.4) is 0 Å². The van der Waals surface area contributed by atoms with Crippen LogP contribution in [0.1, 0.15) is 0 Å². The van der Waals surface area contributed by atoms with E-state index in [2.05, 4.69) is 0 Å². The number of carbonyl (C=O) groups is 3. The molecule has 0 amide bonds. The van der Waals surface area contributed by atoms with Crippen LogP contribution in [0.15, 0.2) is 0 Å². The number of hydrogen-bond donors (Lipinski definition) is 6. The van der Waals surface area contributed by atoms with E-state index in [0.717, 1.165) is 0 Å². The SMILES string of the molecule is O=C(O)O.O=C(O)O.O=C(O)O.[MgH2]. The van der Waals surface area contributed by atoms with Gasteiger partial charge in [-0.25, -0.2) is 14.4 Å². The topological polar surface area (TPSA) is 173 Å². The van der Waals surface area contributed by atoms with Crippen LogP contribution in [0, 0.1) is 0 Å². The van der Waals surface area contributed by atoms with Crippen molar-refractivity contribution in [2.24, 2.45) is 0 Å². The molecule has 0 bridgehead atoms. The van der Waals surface area contributed by atoms with Crippen molar-refractivity contribution >= 4 is 41.5 Å². The second-order valence-electron chi connectivity index (χ2n) is 0.848. The molecule has 0 saturated heterocycles. The monoisotopic (exact) mass is 212 g/mol. The van der Waals surface area contributed by atoms with Crippen molar-refractivity contribution in [2.75, 3.05) is 0 Å². The first-order valence-corrected chi connectivity index (χ1v) is 1.95. The fraction of sp³-hybridized carbons (Fsp3) is 0. The van der Waals surface area contributed by atoms with E-state index in [0.29, 0.717) is 0 Å². The van der Waals surface area contributed by atoms with E-state index < -0.39 is 18.5 Å². The summed E-state index contributed by atoms with van der Waals surface area (Å²) in [6.45, 7) is 0. The van der Waals surface area contributed by atoms with Gasteiger partial charge in [0.25, 0.3) is 0 Å². The molecule has 0 heterocycles. The van der Waals surface area contributed by atoms with E-state index in [1.165, 1.54) is 0 Å². The highest BCUT2D eigenvalue weighted by Gasteiger charge is 1.70. The van der Waals surface area contributed by atoms with Gasteiger partial charge in [0.1, 0.15) is 0 Å². The Labute approximate surface area is 87.0 Å². The fourth-order valence-corrected chi connectivity index (χ4v) is 0. The molecule has 0 atom stereocenters. The van der Waals surface area contributed by atoms with Crippen molar-refractivity contribution in [3.8, 4) is 0 Å². The van der Waals surface area contributed by atoms with Crippen LogP contribution in [0.2, 0.25) is 0 Å². The third-order valence-corrected chi connectivity index (χ3v) is 0. The Kier molecular flexibility index (Phi) is 29.3. The van der Waals surface area contributed by atoms with Gasteiger partial charge in [-0.3, -0.25) is 0 Å². The average Bonchev–Trinajstić information content (AvgIpc) is 1.54. The van der Waals surface area contributed by atoms with Gasteiger partial charge in [-0.2, -0.15) is 0 Å². The third kappa shape index (κ3) is 384. The van der Waals surface area contributed by atoms with Gasteiger partial charge in [0.05, 0.1) is 0 Å². The molecule has 0 aromatic heterocycles. The van der Waals surface area contributed by atoms with E-state index in [4.69, 9.17) is 45.0 Å². The average molecular weight is 212 g/mol. The first kappa shape index (κ1) is 22.6. The van der Waals surface area contributed by atoms with E-state index in [1.54, 1.807) is 0 Å². The molecule has 76 valence electrons. The Morgan fingerprint density at radius 1 is 0.538 bits per heavy atom. The van der Waals surface area contributed by atoms with Gasteiger partial charge in [-0.05, 0) is 0 Å². The lowest BCUT2D eigenvalue weighted by molar-refractivity contribution is 0.135. The molecule has 0 aliphatic carbocycles. The predicted octanol–water partition coefficient (Wildman–Crippen LogP) is -0.249. The van der Waals surface area contributed by atoms with Crippen molar-refractivity contribution < 1.29 is 45.0 Å². The van der Waals surface area contributed by atoms with Gasteiger partial charge >= 0.3 is 41.5 Å². The molecule has 0 rings (SSSR count). The third-order valence-electron chi connectivity index (χ3n) is 0. The molecule has 0 saturated carbocycles. The van der Waals surface area contributed by atoms with Crippen LogP contribution < -0.4 is 0 Å². The van der Waals surface area contributed by atoms with Crippen molar-refractivity contribution in [1.82, 2.24) is 0 Å².